The van der Waals surface area contributed by atoms with Crippen molar-refractivity contribution in [2.75, 3.05) is 12.4 Å². The Labute approximate surface area is 113 Å². The van der Waals surface area contributed by atoms with Gasteiger partial charge in [-0.1, -0.05) is 23.4 Å². The summed E-state index contributed by atoms with van der Waals surface area (Å²) in [4.78, 5) is 11.8. The van der Waals surface area contributed by atoms with Crippen LogP contribution in [0, 0.1) is 0 Å². The second-order valence-electron chi connectivity index (χ2n) is 4.36. The fourth-order valence-corrected chi connectivity index (χ4v) is 1.63. The van der Waals surface area contributed by atoms with Crippen molar-refractivity contribution in [1.82, 2.24) is 0 Å². The number of benzene rings is 1. The van der Waals surface area contributed by atoms with Crippen LogP contribution >= 0.6 is 0 Å². The van der Waals surface area contributed by atoms with E-state index in [2.05, 4.69) is 10.5 Å². The first kappa shape index (κ1) is 15.2. The van der Waals surface area contributed by atoms with Gasteiger partial charge >= 0.3 is 0 Å². The van der Waals surface area contributed by atoms with E-state index in [-0.39, 0.29) is 12.0 Å². The van der Waals surface area contributed by atoms with Crippen LogP contribution < -0.4 is 5.32 Å². The van der Waals surface area contributed by atoms with Gasteiger partial charge in [0.05, 0.1) is 11.8 Å². The van der Waals surface area contributed by atoms with E-state index >= 15 is 0 Å². The number of methoxy groups -OCH3 is 1. The molecule has 0 radical (unpaired) electrons. The Bertz CT molecular complexity index is 458. The number of amides is 1. The average molecular weight is 264 g/mol. The van der Waals surface area contributed by atoms with Gasteiger partial charge in [0, 0.05) is 24.8 Å². The summed E-state index contributed by atoms with van der Waals surface area (Å²) in [7, 11) is 1.62. The highest BCUT2D eigenvalue weighted by Crippen LogP contribution is 2.16. The average Bonchev–Trinajstić information content (AvgIpc) is 2.44. The number of anilines is 1. The van der Waals surface area contributed by atoms with E-state index in [1.54, 1.807) is 26.2 Å². The molecule has 1 rings (SSSR count). The van der Waals surface area contributed by atoms with E-state index in [1.165, 1.54) is 0 Å². The zero-order valence-corrected chi connectivity index (χ0v) is 11.5. The van der Waals surface area contributed by atoms with Crippen LogP contribution in [-0.4, -0.2) is 30.0 Å². The van der Waals surface area contributed by atoms with Crippen LogP contribution in [0.2, 0.25) is 0 Å². The molecule has 1 aromatic carbocycles. The van der Waals surface area contributed by atoms with E-state index in [0.717, 1.165) is 0 Å². The number of oxime groups is 1. The first-order valence-electron chi connectivity index (χ1n) is 6.19. The van der Waals surface area contributed by atoms with Gasteiger partial charge in [-0.2, -0.15) is 0 Å². The molecular weight excluding hydrogens is 244 g/mol. The third kappa shape index (κ3) is 4.71. The Morgan fingerprint density at radius 3 is 2.79 bits per heavy atom. The minimum atomic E-state index is -0.0814. The maximum atomic E-state index is 11.8. The molecule has 0 aliphatic rings. The van der Waals surface area contributed by atoms with Crippen molar-refractivity contribution in [3.8, 4) is 0 Å². The number of nitrogens with zero attached hydrogens (tertiary/aromatic N) is 1. The summed E-state index contributed by atoms with van der Waals surface area (Å²) in [5, 5.41) is 14.8. The van der Waals surface area contributed by atoms with Crippen molar-refractivity contribution in [1.29, 1.82) is 0 Å². The first-order chi connectivity index (χ1) is 9.08. The first-order valence-corrected chi connectivity index (χ1v) is 6.19. The maximum absolute atomic E-state index is 11.8. The van der Waals surface area contributed by atoms with Gasteiger partial charge in [-0.05, 0) is 26.3 Å². The summed E-state index contributed by atoms with van der Waals surface area (Å²) >= 11 is 0. The molecule has 1 amide bonds. The molecule has 1 aromatic rings. The van der Waals surface area contributed by atoms with Gasteiger partial charge < -0.3 is 15.3 Å². The number of ether oxygens (including phenoxy) is 1. The molecule has 5 heteroatoms. The third-order valence-electron chi connectivity index (χ3n) is 2.92. The lowest BCUT2D eigenvalue weighted by molar-refractivity contribution is -0.116. The van der Waals surface area contributed by atoms with Crippen LogP contribution in [0.25, 0.3) is 0 Å². The molecule has 0 aromatic heterocycles. The van der Waals surface area contributed by atoms with Crippen molar-refractivity contribution >= 4 is 17.3 Å². The van der Waals surface area contributed by atoms with Gasteiger partial charge in [0.25, 0.3) is 0 Å². The molecule has 0 spiro atoms. The Morgan fingerprint density at radius 2 is 2.16 bits per heavy atom. The number of carbonyl (C=O) groups excluding carboxylic acids is 1. The van der Waals surface area contributed by atoms with Crippen LogP contribution in [0.4, 0.5) is 5.69 Å². The molecule has 0 aliphatic heterocycles. The number of nitrogens with one attached hydrogen (secondary N) is 1. The third-order valence-corrected chi connectivity index (χ3v) is 2.92. The summed E-state index contributed by atoms with van der Waals surface area (Å²) < 4.78 is 5.10. The van der Waals surface area contributed by atoms with E-state index < -0.39 is 0 Å². The minimum absolute atomic E-state index is 0.0572. The minimum Gasteiger partial charge on any atom is -0.411 e. The smallest absolute Gasteiger partial charge is 0.224 e. The van der Waals surface area contributed by atoms with Gasteiger partial charge in [0.15, 0.2) is 0 Å². The SMILES string of the molecule is COC(C)CCC(=O)Nc1ccccc1/C(C)=N/O. The number of para-hydroxylation sites is 1. The van der Waals surface area contributed by atoms with Crippen molar-refractivity contribution in [3.63, 3.8) is 0 Å². The lowest BCUT2D eigenvalue weighted by Crippen LogP contribution is -2.16. The fraction of sp³-hybridized carbons (Fsp3) is 0.429. The molecule has 0 heterocycles. The lowest BCUT2D eigenvalue weighted by Gasteiger charge is -2.12. The summed E-state index contributed by atoms with van der Waals surface area (Å²) in [5.41, 5.74) is 1.81. The highest BCUT2D eigenvalue weighted by atomic mass is 16.5. The second kappa shape index (κ2) is 7.53. The van der Waals surface area contributed by atoms with E-state index in [4.69, 9.17) is 9.94 Å². The quantitative estimate of drug-likeness (QED) is 0.471. The standard InChI is InChI=1S/C14H20N2O3/c1-10(19-3)8-9-14(17)15-13-7-5-4-6-12(13)11(2)16-18/h4-7,10,18H,8-9H2,1-3H3,(H,15,17)/b16-11+. The number of rotatable bonds is 6. The van der Waals surface area contributed by atoms with Gasteiger partial charge in [-0.25, -0.2) is 0 Å². The lowest BCUT2D eigenvalue weighted by atomic mass is 10.1. The fourth-order valence-electron chi connectivity index (χ4n) is 1.63. The number of hydrogen-bond acceptors (Lipinski definition) is 4. The normalized spacial score (nSPS) is 13.1. The molecule has 1 unspecified atom stereocenters. The molecular formula is C14H20N2O3. The summed E-state index contributed by atoms with van der Waals surface area (Å²) in [6.45, 7) is 3.60. The number of hydrogen-bond donors (Lipinski definition) is 2. The van der Waals surface area contributed by atoms with E-state index in [9.17, 15) is 4.79 Å². The molecule has 1 atom stereocenters. The van der Waals surface area contributed by atoms with Gasteiger partial charge in [0.2, 0.25) is 5.91 Å². The molecule has 19 heavy (non-hydrogen) atoms. The molecule has 5 nitrogen and oxygen atoms in total. The molecule has 0 saturated heterocycles. The summed E-state index contributed by atoms with van der Waals surface area (Å²) in [6, 6.07) is 7.22. The molecule has 0 aliphatic carbocycles. The van der Waals surface area contributed by atoms with Crippen LogP contribution in [0.3, 0.4) is 0 Å². The summed E-state index contributed by atoms with van der Waals surface area (Å²) in [6.07, 6.45) is 1.11. The monoisotopic (exact) mass is 264 g/mol. The Balaban J connectivity index is 2.69. The van der Waals surface area contributed by atoms with Crippen molar-refractivity contribution in [2.24, 2.45) is 5.16 Å². The topological polar surface area (TPSA) is 70.9 Å². The second-order valence-corrected chi connectivity index (χ2v) is 4.36. The van der Waals surface area contributed by atoms with Gasteiger partial charge in [-0.15, -0.1) is 0 Å². The van der Waals surface area contributed by atoms with E-state index in [0.29, 0.717) is 29.8 Å². The largest absolute Gasteiger partial charge is 0.411 e. The van der Waals surface area contributed by atoms with E-state index in [1.807, 2.05) is 19.1 Å². The van der Waals surface area contributed by atoms with Crippen LogP contribution in [0.5, 0.6) is 0 Å². The molecule has 104 valence electrons. The Kier molecular flexibility index (Phi) is 6.02. The summed E-state index contributed by atoms with van der Waals surface area (Å²) in [5.74, 6) is -0.0814. The predicted octanol–water partition coefficient (Wildman–Crippen LogP) is 2.64. The molecule has 0 bridgehead atoms. The Hall–Kier alpha value is -1.88. The molecule has 0 fully saturated rings. The maximum Gasteiger partial charge on any atom is 0.224 e. The van der Waals surface area contributed by atoms with Gasteiger partial charge in [0.1, 0.15) is 0 Å². The van der Waals surface area contributed by atoms with Crippen molar-refractivity contribution in [3.05, 3.63) is 29.8 Å². The predicted molar refractivity (Wildman–Crippen MR) is 74.8 cm³/mol. The highest BCUT2D eigenvalue weighted by molar-refractivity contribution is 6.06. The molecule has 0 saturated carbocycles. The number of carbonyl (C=O) groups is 1. The molecule has 2 N–H and O–H groups in total. The van der Waals surface area contributed by atoms with Crippen molar-refractivity contribution < 1.29 is 14.7 Å². The zero-order chi connectivity index (χ0) is 14.3. The van der Waals surface area contributed by atoms with Crippen LogP contribution in [0.1, 0.15) is 32.3 Å². The zero-order valence-electron chi connectivity index (χ0n) is 11.5. The van der Waals surface area contributed by atoms with Crippen LogP contribution in [-0.2, 0) is 9.53 Å². The van der Waals surface area contributed by atoms with Crippen LogP contribution in [0.15, 0.2) is 29.4 Å². The highest BCUT2D eigenvalue weighted by Gasteiger charge is 2.10. The Morgan fingerprint density at radius 1 is 1.47 bits per heavy atom. The van der Waals surface area contributed by atoms with Crippen molar-refractivity contribution in [2.45, 2.75) is 32.8 Å². The van der Waals surface area contributed by atoms with Gasteiger partial charge in [-0.3, -0.25) is 4.79 Å².